The maximum absolute atomic E-state index is 8.55. The average molecular weight is 235 g/mol. The Morgan fingerprint density at radius 2 is 1.88 bits per heavy atom. The molecule has 1 rings (SSSR count). The highest BCUT2D eigenvalue weighted by molar-refractivity contribution is 5.96. The number of hydrogen-bond donors (Lipinski definition) is 3. The van der Waals surface area contributed by atoms with Crippen LogP contribution in [0.5, 0.6) is 0 Å². The van der Waals surface area contributed by atoms with E-state index in [9.17, 15) is 0 Å². The van der Waals surface area contributed by atoms with Gasteiger partial charge in [-0.2, -0.15) is 0 Å². The molecule has 1 aromatic rings. The van der Waals surface area contributed by atoms with Gasteiger partial charge < -0.3 is 16.3 Å². The lowest BCUT2D eigenvalue weighted by Gasteiger charge is -2.14. The van der Waals surface area contributed by atoms with E-state index in [4.69, 9.17) is 10.9 Å². The maximum Gasteiger partial charge on any atom is 0.170 e. The Bertz CT molecular complexity index is 355. The molecule has 0 fully saturated rings. The van der Waals surface area contributed by atoms with Crippen LogP contribution < -0.4 is 11.1 Å². The van der Waals surface area contributed by atoms with E-state index in [-0.39, 0.29) is 5.84 Å². The monoisotopic (exact) mass is 235 g/mol. The van der Waals surface area contributed by atoms with Crippen LogP contribution in [0.3, 0.4) is 0 Å². The minimum atomic E-state index is 0.143. The second kappa shape index (κ2) is 6.91. The molecule has 0 saturated carbocycles. The van der Waals surface area contributed by atoms with Gasteiger partial charge in [-0.25, -0.2) is 0 Å². The van der Waals surface area contributed by atoms with Gasteiger partial charge >= 0.3 is 0 Å². The SMILES string of the molecule is CCC(CC)NCc1ccc(/C(N)=N/O)cc1. The van der Waals surface area contributed by atoms with E-state index in [0.29, 0.717) is 6.04 Å². The molecule has 0 aromatic heterocycles. The Morgan fingerprint density at radius 1 is 1.29 bits per heavy atom. The lowest BCUT2D eigenvalue weighted by atomic mass is 10.1. The minimum absolute atomic E-state index is 0.143. The Hall–Kier alpha value is -1.55. The third-order valence-corrected chi connectivity index (χ3v) is 2.94. The number of nitrogens with one attached hydrogen (secondary N) is 1. The van der Waals surface area contributed by atoms with Crippen LogP contribution in [0, 0.1) is 0 Å². The molecule has 0 spiro atoms. The summed E-state index contributed by atoms with van der Waals surface area (Å²) in [5.74, 6) is 0.143. The second-order valence-corrected chi connectivity index (χ2v) is 4.08. The first-order chi connectivity index (χ1) is 8.21. The number of oxime groups is 1. The zero-order chi connectivity index (χ0) is 12.7. The van der Waals surface area contributed by atoms with Gasteiger partial charge in [0.1, 0.15) is 0 Å². The standard InChI is InChI=1S/C13H21N3O/c1-3-12(4-2)15-9-10-5-7-11(8-6-10)13(14)16-17/h5-8,12,15,17H,3-4,9H2,1-2H3,(H2,14,16). The number of nitrogens with two attached hydrogens (primary N) is 1. The van der Waals surface area contributed by atoms with Crippen LogP contribution in [0.4, 0.5) is 0 Å². The number of benzene rings is 1. The number of nitrogens with zero attached hydrogens (tertiary/aromatic N) is 1. The third-order valence-electron chi connectivity index (χ3n) is 2.94. The van der Waals surface area contributed by atoms with Crippen LogP contribution in [-0.2, 0) is 6.54 Å². The van der Waals surface area contributed by atoms with Crippen molar-refractivity contribution in [3.63, 3.8) is 0 Å². The number of amidine groups is 1. The quantitative estimate of drug-likeness (QED) is 0.306. The van der Waals surface area contributed by atoms with E-state index in [0.717, 1.165) is 24.9 Å². The van der Waals surface area contributed by atoms with Crippen molar-refractivity contribution in [2.24, 2.45) is 10.9 Å². The zero-order valence-electron chi connectivity index (χ0n) is 10.5. The summed E-state index contributed by atoms with van der Waals surface area (Å²) >= 11 is 0. The van der Waals surface area contributed by atoms with E-state index >= 15 is 0 Å². The summed E-state index contributed by atoms with van der Waals surface area (Å²) in [6, 6.07) is 8.27. The molecule has 0 amide bonds. The van der Waals surface area contributed by atoms with Crippen molar-refractivity contribution in [2.45, 2.75) is 39.3 Å². The summed E-state index contributed by atoms with van der Waals surface area (Å²) in [5, 5.41) is 15.0. The molecule has 0 atom stereocenters. The summed E-state index contributed by atoms with van der Waals surface area (Å²) in [5.41, 5.74) is 7.43. The Labute approximate surface area is 103 Å². The second-order valence-electron chi connectivity index (χ2n) is 4.08. The number of hydrogen-bond acceptors (Lipinski definition) is 3. The van der Waals surface area contributed by atoms with Gasteiger partial charge in [0.2, 0.25) is 0 Å². The predicted octanol–water partition coefficient (Wildman–Crippen LogP) is 2.06. The van der Waals surface area contributed by atoms with E-state index in [1.165, 1.54) is 5.56 Å². The first-order valence-electron chi connectivity index (χ1n) is 6.01. The predicted molar refractivity (Wildman–Crippen MR) is 70.2 cm³/mol. The zero-order valence-corrected chi connectivity index (χ0v) is 10.5. The Kier molecular flexibility index (Phi) is 5.49. The normalized spacial score (nSPS) is 12.1. The van der Waals surface area contributed by atoms with E-state index in [1.807, 2.05) is 24.3 Å². The molecule has 4 heteroatoms. The molecule has 17 heavy (non-hydrogen) atoms. The van der Waals surface area contributed by atoms with E-state index in [1.54, 1.807) is 0 Å². The van der Waals surface area contributed by atoms with Gasteiger partial charge in [-0.1, -0.05) is 43.3 Å². The molecule has 0 aliphatic heterocycles. The first kappa shape index (κ1) is 13.5. The van der Waals surface area contributed by atoms with Gasteiger partial charge in [0, 0.05) is 18.2 Å². The molecule has 4 nitrogen and oxygen atoms in total. The van der Waals surface area contributed by atoms with Crippen molar-refractivity contribution >= 4 is 5.84 Å². The highest BCUT2D eigenvalue weighted by Crippen LogP contribution is 2.05. The van der Waals surface area contributed by atoms with Gasteiger partial charge in [-0.15, -0.1) is 0 Å². The average Bonchev–Trinajstić information content (AvgIpc) is 2.39. The summed E-state index contributed by atoms with van der Waals surface area (Å²) in [4.78, 5) is 0. The highest BCUT2D eigenvalue weighted by Gasteiger charge is 2.03. The largest absolute Gasteiger partial charge is 0.409 e. The van der Waals surface area contributed by atoms with Crippen LogP contribution in [0.15, 0.2) is 29.4 Å². The molecular formula is C13H21N3O. The molecule has 0 saturated heterocycles. The third kappa shape index (κ3) is 4.07. The van der Waals surface area contributed by atoms with Crippen molar-refractivity contribution in [2.75, 3.05) is 0 Å². The van der Waals surface area contributed by atoms with Crippen LogP contribution >= 0.6 is 0 Å². The fourth-order valence-electron chi connectivity index (χ4n) is 1.69. The van der Waals surface area contributed by atoms with Crippen LogP contribution in [-0.4, -0.2) is 17.1 Å². The molecule has 1 aromatic carbocycles. The topological polar surface area (TPSA) is 70.6 Å². The summed E-state index contributed by atoms with van der Waals surface area (Å²) in [7, 11) is 0. The molecule has 0 aliphatic rings. The van der Waals surface area contributed by atoms with Gasteiger partial charge in [0.05, 0.1) is 0 Å². The number of rotatable bonds is 6. The van der Waals surface area contributed by atoms with E-state index < -0.39 is 0 Å². The van der Waals surface area contributed by atoms with Gasteiger partial charge in [-0.05, 0) is 18.4 Å². The molecule has 0 radical (unpaired) electrons. The van der Waals surface area contributed by atoms with Crippen LogP contribution in [0.25, 0.3) is 0 Å². The van der Waals surface area contributed by atoms with E-state index in [2.05, 4.69) is 24.3 Å². The Balaban J connectivity index is 2.57. The molecule has 94 valence electrons. The maximum atomic E-state index is 8.55. The molecule has 0 bridgehead atoms. The summed E-state index contributed by atoms with van der Waals surface area (Å²) in [6.45, 7) is 5.22. The highest BCUT2D eigenvalue weighted by atomic mass is 16.4. The van der Waals surface area contributed by atoms with Gasteiger partial charge in [0.25, 0.3) is 0 Å². The summed E-state index contributed by atoms with van der Waals surface area (Å²) in [6.07, 6.45) is 2.28. The van der Waals surface area contributed by atoms with Crippen molar-refractivity contribution in [3.8, 4) is 0 Å². The van der Waals surface area contributed by atoms with Crippen molar-refractivity contribution in [1.82, 2.24) is 5.32 Å². The lowest BCUT2D eigenvalue weighted by molar-refractivity contribution is 0.318. The molecular weight excluding hydrogens is 214 g/mol. The van der Waals surface area contributed by atoms with Gasteiger partial charge in [-0.3, -0.25) is 0 Å². The summed E-state index contributed by atoms with van der Waals surface area (Å²) < 4.78 is 0. The first-order valence-corrected chi connectivity index (χ1v) is 6.01. The fourth-order valence-corrected chi connectivity index (χ4v) is 1.69. The van der Waals surface area contributed by atoms with Crippen molar-refractivity contribution < 1.29 is 5.21 Å². The molecule has 0 heterocycles. The fraction of sp³-hybridized carbons (Fsp3) is 0.462. The minimum Gasteiger partial charge on any atom is -0.409 e. The van der Waals surface area contributed by atoms with Crippen LogP contribution in [0.2, 0.25) is 0 Å². The molecule has 0 unspecified atom stereocenters. The smallest absolute Gasteiger partial charge is 0.170 e. The van der Waals surface area contributed by atoms with Crippen LogP contribution in [0.1, 0.15) is 37.8 Å². The molecule has 0 aliphatic carbocycles. The lowest BCUT2D eigenvalue weighted by Crippen LogP contribution is -2.27. The van der Waals surface area contributed by atoms with Crippen molar-refractivity contribution in [1.29, 1.82) is 0 Å². The molecule has 4 N–H and O–H groups in total. The van der Waals surface area contributed by atoms with Gasteiger partial charge in [0.15, 0.2) is 5.84 Å². The van der Waals surface area contributed by atoms with Crippen molar-refractivity contribution in [3.05, 3.63) is 35.4 Å². The Morgan fingerprint density at radius 3 is 2.35 bits per heavy atom.